The van der Waals surface area contributed by atoms with Crippen LogP contribution in [0.3, 0.4) is 0 Å². The zero-order valence-electron chi connectivity index (χ0n) is 14.8. The van der Waals surface area contributed by atoms with Gasteiger partial charge in [-0.2, -0.15) is 18.2 Å². The highest BCUT2D eigenvalue weighted by Crippen LogP contribution is 2.29. The second kappa shape index (κ2) is 7.49. The van der Waals surface area contributed by atoms with Gasteiger partial charge in [-0.1, -0.05) is 12.1 Å². The van der Waals surface area contributed by atoms with Crippen LogP contribution in [0.1, 0.15) is 17.5 Å². The van der Waals surface area contributed by atoms with Gasteiger partial charge in [-0.15, -0.1) is 0 Å². The zero-order valence-corrected chi connectivity index (χ0v) is 14.8. The summed E-state index contributed by atoms with van der Waals surface area (Å²) >= 11 is 0. The maximum atomic E-state index is 12.6. The summed E-state index contributed by atoms with van der Waals surface area (Å²) in [6, 6.07) is 7.49. The highest BCUT2D eigenvalue weighted by Gasteiger charge is 2.30. The summed E-state index contributed by atoms with van der Waals surface area (Å²) in [7, 11) is 3.78. The van der Waals surface area contributed by atoms with Crippen molar-refractivity contribution in [2.45, 2.75) is 25.2 Å². The van der Waals surface area contributed by atoms with Crippen molar-refractivity contribution >= 4 is 11.8 Å². The number of nitrogens with one attached hydrogen (secondary N) is 1. The number of likely N-dealkylation sites (tertiary alicyclic amines) is 1. The van der Waals surface area contributed by atoms with Crippen molar-refractivity contribution in [3.8, 4) is 0 Å². The number of rotatable bonds is 5. The van der Waals surface area contributed by atoms with Crippen LogP contribution >= 0.6 is 0 Å². The predicted molar refractivity (Wildman–Crippen MR) is 95.1 cm³/mol. The monoisotopic (exact) mass is 365 g/mol. The maximum Gasteiger partial charge on any atom is 0.416 e. The number of aromatic nitrogens is 2. The molecule has 140 valence electrons. The van der Waals surface area contributed by atoms with Gasteiger partial charge in [-0.3, -0.25) is 4.90 Å². The molecule has 8 heteroatoms. The number of hydrogen-bond acceptors (Lipinski definition) is 5. The van der Waals surface area contributed by atoms with Crippen LogP contribution in [0.5, 0.6) is 0 Å². The molecule has 1 saturated heterocycles. The molecule has 1 aliphatic heterocycles. The first-order valence-electron chi connectivity index (χ1n) is 8.46. The van der Waals surface area contributed by atoms with Crippen LogP contribution < -0.4 is 10.2 Å². The van der Waals surface area contributed by atoms with Gasteiger partial charge < -0.3 is 10.2 Å². The molecule has 2 aromatic rings. The van der Waals surface area contributed by atoms with E-state index in [-0.39, 0.29) is 6.04 Å². The fraction of sp³-hybridized carbons (Fsp3) is 0.444. The normalized spacial score (nSPS) is 18.1. The number of alkyl halides is 3. The standard InChI is InChI=1S/C18H22F3N5/c1-25(2)17-22-9-7-16(24-17)23-15-8-10-26(12-15)11-13-3-5-14(6-4-13)18(19,20)21/h3-7,9,15H,8,10-12H2,1-2H3,(H,22,23,24). The van der Waals surface area contributed by atoms with E-state index in [9.17, 15) is 13.2 Å². The van der Waals surface area contributed by atoms with Crippen molar-refractivity contribution in [2.24, 2.45) is 0 Å². The van der Waals surface area contributed by atoms with Crippen molar-refractivity contribution in [1.82, 2.24) is 14.9 Å². The Hall–Kier alpha value is -2.35. The van der Waals surface area contributed by atoms with Crippen LogP contribution in [-0.2, 0) is 12.7 Å². The summed E-state index contributed by atoms with van der Waals surface area (Å²) in [5.74, 6) is 1.43. The summed E-state index contributed by atoms with van der Waals surface area (Å²) in [6.45, 7) is 2.36. The van der Waals surface area contributed by atoms with Gasteiger partial charge in [-0.25, -0.2) is 4.98 Å². The molecule has 0 aliphatic carbocycles. The number of halogens is 3. The molecule has 1 N–H and O–H groups in total. The Kier molecular flexibility index (Phi) is 5.31. The third-order valence-electron chi connectivity index (χ3n) is 4.35. The number of hydrogen-bond donors (Lipinski definition) is 1. The zero-order chi connectivity index (χ0) is 18.7. The van der Waals surface area contributed by atoms with E-state index in [0.29, 0.717) is 12.5 Å². The molecule has 0 saturated carbocycles. The van der Waals surface area contributed by atoms with Crippen molar-refractivity contribution in [3.63, 3.8) is 0 Å². The molecule has 1 fully saturated rings. The number of anilines is 2. The molecule has 26 heavy (non-hydrogen) atoms. The van der Waals surface area contributed by atoms with Gasteiger partial charge in [0.05, 0.1) is 5.56 Å². The second-order valence-electron chi connectivity index (χ2n) is 6.70. The highest BCUT2D eigenvalue weighted by molar-refractivity contribution is 5.41. The molecule has 3 rings (SSSR count). The molecule has 0 amide bonds. The number of nitrogens with zero attached hydrogens (tertiary/aromatic N) is 4. The average Bonchev–Trinajstić information content (AvgIpc) is 3.01. The van der Waals surface area contributed by atoms with Gasteiger partial charge in [0.25, 0.3) is 0 Å². The van der Waals surface area contributed by atoms with Crippen LogP contribution in [0.4, 0.5) is 24.9 Å². The summed E-state index contributed by atoms with van der Waals surface area (Å²) in [6.07, 6.45) is -1.61. The molecule has 5 nitrogen and oxygen atoms in total. The summed E-state index contributed by atoms with van der Waals surface area (Å²) in [4.78, 5) is 12.7. The molecule has 1 aromatic carbocycles. The predicted octanol–water partition coefficient (Wildman–Crippen LogP) is 3.25. The molecule has 0 bridgehead atoms. The molecule has 1 aromatic heterocycles. The van der Waals surface area contributed by atoms with Crippen LogP contribution in [0.15, 0.2) is 36.5 Å². The lowest BCUT2D eigenvalue weighted by atomic mass is 10.1. The van der Waals surface area contributed by atoms with Crippen LogP contribution in [-0.4, -0.2) is 48.1 Å². The molecular formula is C18H22F3N5. The van der Waals surface area contributed by atoms with E-state index >= 15 is 0 Å². The van der Waals surface area contributed by atoms with Crippen molar-refractivity contribution in [3.05, 3.63) is 47.7 Å². The first-order chi connectivity index (χ1) is 12.3. The Bertz CT molecular complexity index is 730. The van der Waals surface area contributed by atoms with Crippen molar-refractivity contribution in [2.75, 3.05) is 37.4 Å². The van der Waals surface area contributed by atoms with E-state index in [1.165, 1.54) is 0 Å². The van der Waals surface area contributed by atoms with E-state index in [2.05, 4.69) is 20.2 Å². The average molecular weight is 365 g/mol. The molecule has 0 spiro atoms. The summed E-state index contributed by atoms with van der Waals surface area (Å²) in [5.41, 5.74) is 0.276. The SMILES string of the molecule is CN(C)c1nccc(NC2CCN(Cc3ccc(C(F)(F)F)cc3)C2)n1. The molecule has 1 aliphatic rings. The molecular weight excluding hydrogens is 343 g/mol. The van der Waals surface area contributed by atoms with Crippen molar-refractivity contribution in [1.29, 1.82) is 0 Å². The Morgan fingerprint density at radius 1 is 1.19 bits per heavy atom. The lowest BCUT2D eigenvalue weighted by Crippen LogP contribution is -2.26. The van der Waals surface area contributed by atoms with Crippen molar-refractivity contribution < 1.29 is 13.2 Å². The second-order valence-corrected chi connectivity index (χ2v) is 6.70. The topological polar surface area (TPSA) is 44.3 Å². The van der Waals surface area contributed by atoms with Gasteiger partial charge in [0.15, 0.2) is 0 Å². The van der Waals surface area contributed by atoms with Crippen LogP contribution in [0.25, 0.3) is 0 Å². The quantitative estimate of drug-likeness (QED) is 0.881. The first kappa shape index (κ1) is 18.4. The van der Waals surface area contributed by atoms with E-state index in [1.54, 1.807) is 18.3 Å². The van der Waals surface area contributed by atoms with Gasteiger partial charge in [0.1, 0.15) is 5.82 Å². The number of benzene rings is 1. The Morgan fingerprint density at radius 3 is 2.58 bits per heavy atom. The smallest absolute Gasteiger partial charge is 0.366 e. The largest absolute Gasteiger partial charge is 0.416 e. The van der Waals surface area contributed by atoms with Gasteiger partial charge in [0, 0.05) is 46.0 Å². The fourth-order valence-corrected chi connectivity index (χ4v) is 3.00. The van der Waals surface area contributed by atoms with Gasteiger partial charge in [-0.05, 0) is 30.2 Å². The Labute approximate surface area is 150 Å². The van der Waals surface area contributed by atoms with E-state index in [1.807, 2.05) is 25.1 Å². The molecule has 2 heterocycles. The van der Waals surface area contributed by atoms with Crippen LogP contribution in [0.2, 0.25) is 0 Å². The minimum absolute atomic E-state index is 0.259. The van der Waals surface area contributed by atoms with E-state index in [0.717, 1.165) is 43.0 Å². The Balaban J connectivity index is 1.55. The lowest BCUT2D eigenvalue weighted by Gasteiger charge is -2.18. The third kappa shape index (κ3) is 4.63. The maximum absolute atomic E-state index is 12.6. The van der Waals surface area contributed by atoms with E-state index < -0.39 is 11.7 Å². The van der Waals surface area contributed by atoms with E-state index in [4.69, 9.17) is 0 Å². The molecule has 0 radical (unpaired) electrons. The Morgan fingerprint density at radius 2 is 1.92 bits per heavy atom. The van der Waals surface area contributed by atoms with Gasteiger partial charge >= 0.3 is 6.18 Å². The minimum Gasteiger partial charge on any atom is -0.366 e. The lowest BCUT2D eigenvalue weighted by molar-refractivity contribution is -0.137. The molecule has 1 atom stereocenters. The minimum atomic E-state index is -4.29. The van der Waals surface area contributed by atoms with Gasteiger partial charge in [0.2, 0.25) is 5.95 Å². The summed E-state index contributed by atoms with van der Waals surface area (Å²) < 4.78 is 37.9. The fourth-order valence-electron chi connectivity index (χ4n) is 3.00. The highest BCUT2D eigenvalue weighted by atomic mass is 19.4. The first-order valence-corrected chi connectivity index (χ1v) is 8.46. The van der Waals surface area contributed by atoms with Crippen LogP contribution in [0, 0.1) is 0 Å². The molecule has 1 unspecified atom stereocenters. The summed E-state index contributed by atoms with van der Waals surface area (Å²) in [5, 5.41) is 3.41. The third-order valence-corrected chi connectivity index (χ3v) is 4.35.